The normalized spacial score (nSPS) is 21.3. The highest BCUT2D eigenvalue weighted by Gasteiger charge is 2.60. The van der Waals surface area contributed by atoms with Crippen LogP contribution in [-0.4, -0.2) is 51.9 Å². The van der Waals surface area contributed by atoms with Gasteiger partial charge in [0.2, 0.25) is 0 Å². The Hall–Kier alpha value is -5.29. The lowest BCUT2D eigenvalue weighted by molar-refractivity contribution is -0.111. The molecule has 42 heavy (non-hydrogen) atoms. The molecule has 1 aliphatic heterocycles. The van der Waals surface area contributed by atoms with Crippen molar-refractivity contribution in [3.63, 3.8) is 0 Å². The number of carbonyl (C=O) groups is 3. The monoisotopic (exact) mass is 570 g/mol. The van der Waals surface area contributed by atoms with Crippen molar-refractivity contribution in [3.8, 4) is 0 Å². The number of nitrogens with one attached hydrogen (secondary N) is 1. The van der Waals surface area contributed by atoms with Gasteiger partial charge in [-0.25, -0.2) is 19.2 Å². The minimum absolute atomic E-state index is 0.193. The van der Waals surface area contributed by atoms with E-state index >= 15 is 0 Å². The first kappa shape index (κ1) is 28.2. The lowest BCUT2D eigenvalue weighted by atomic mass is 9.95. The molecule has 4 aromatic rings. The maximum Gasteiger partial charge on any atom is 0.338 e. The van der Waals surface area contributed by atoms with Gasteiger partial charge in [0.05, 0.1) is 16.7 Å². The molecule has 0 spiro atoms. The van der Waals surface area contributed by atoms with Crippen molar-refractivity contribution in [3.05, 3.63) is 141 Å². The molecule has 11 heteroatoms. The SMILES string of the molecule is C[C@@]1(OC(=O)c2ccccc2)[C@H](OC(=O)c2ccccc2)[C@@H](COC(=O)c2ccccc2)O[C@H]1n1ccc(=O)[nH]c1=O. The van der Waals surface area contributed by atoms with Crippen LogP contribution in [0, 0.1) is 0 Å². The lowest BCUT2D eigenvalue weighted by Gasteiger charge is -2.34. The molecule has 4 atom stereocenters. The van der Waals surface area contributed by atoms with Crippen LogP contribution in [0.15, 0.2) is 113 Å². The van der Waals surface area contributed by atoms with Gasteiger partial charge in [-0.3, -0.25) is 14.3 Å². The van der Waals surface area contributed by atoms with E-state index in [1.807, 2.05) is 0 Å². The van der Waals surface area contributed by atoms with Gasteiger partial charge in [-0.2, -0.15) is 0 Å². The summed E-state index contributed by atoms with van der Waals surface area (Å²) in [4.78, 5) is 66.2. The molecule has 0 radical (unpaired) electrons. The van der Waals surface area contributed by atoms with E-state index in [0.29, 0.717) is 0 Å². The number of hydrogen-bond acceptors (Lipinski definition) is 9. The predicted octanol–water partition coefficient (Wildman–Crippen LogP) is 3.13. The van der Waals surface area contributed by atoms with Gasteiger partial charge in [0, 0.05) is 12.3 Å². The molecule has 1 fully saturated rings. The molecule has 2 heterocycles. The smallest absolute Gasteiger partial charge is 0.338 e. The molecule has 3 aromatic carbocycles. The fourth-order valence-corrected chi connectivity index (χ4v) is 4.67. The average Bonchev–Trinajstić information content (AvgIpc) is 3.27. The molecular weight excluding hydrogens is 544 g/mol. The van der Waals surface area contributed by atoms with Gasteiger partial charge in [-0.1, -0.05) is 54.6 Å². The third-order valence-corrected chi connectivity index (χ3v) is 6.75. The van der Waals surface area contributed by atoms with Crippen LogP contribution in [0.1, 0.15) is 44.2 Å². The molecule has 0 unspecified atom stereocenters. The average molecular weight is 571 g/mol. The molecule has 214 valence electrons. The van der Waals surface area contributed by atoms with Crippen molar-refractivity contribution in [2.24, 2.45) is 0 Å². The highest BCUT2D eigenvalue weighted by Crippen LogP contribution is 2.43. The second-order valence-electron chi connectivity index (χ2n) is 9.64. The van der Waals surface area contributed by atoms with E-state index < -0.39 is 59.8 Å². The topological polar surface area (TPSA) is 143 Å². The Labute approximate surface area is 239 Å². The van der Waals surface area contributed by atoms with Crippen LogP contribution in [0.4, 0.5) is 0 Å². The molecule has 0 aliphatic carbocycles. The fourth-order valence-electron chi connectivity index (χ4n) is 4.67. The number of rotatable bonds is 8. The van der Waals surface area contributed by atoms with Crippen LogP contribution >= 0.6 is 0 Å². The third-order valence-electron chi connectivity index (χ3n) is 6.75. The molecular formula is C31H26N2O9. The quantitative estimate of drug-likeness (QED) is 0.250. The van der Waals surface area contributed by atoms with Crippen molar-refractivity contribution < 1.29 is 33.3 Å². The molecule has 1 aromatic heterocycles. The number of aromatic amines is 1. The predicted molar refractivity (Wildman–Crippen MR) is 148 cm³/mol. The van der Waals surface area contributed by atoms with Gasteiger partial charge >= 0.3 is 23.6 Å². The minimum atomic E-state index is -1.84. The van der Waals surface area contributed by atoms with Crippen LogP contribution in [0.25, 0.3) is 0 Å². The van der Waals surface area contributed by atoms with Gasteiger partial charge in [0.15, 0.2) is 17.9 Å². The first-order valence-corrected chi connectivity index (χ1v) is 13.0. The van der Waals surface area contributed by atoms with Crippen molar-refractivity contribution in [1.82, 2.24) is 9.55 Å². The molecule has 1 N–H and O–H groups in total. The number of hydrogen-bond donors (Lipinski definition) is 1. The summed E-state index contributed by atoms with van der Waals surface area (Å²) in [5, 5.41) is 0. The Morgan fingerprint density at radius 1 is 0.786 bits per heavy atom. The van der Waals surface area contributed by atoms with Crippen LogP contribution < -0.4 is 11.2 Å². The van der Waals surface area contributed by atoms with Crippen LogP contribution in [0.2, 0.25) is 0 Å². The number of benzene rings is 3. The molecule has 0 bridgehead atoms. The van der Waals surface area contributed by atoms with Crippen molar-refractivity contribution in [2.75, 3.05) is 6.61 Å². The Balaban J connectivity index is 1.54. The van der Waals surface area contributed by atoms with E-state index in [4.69, 9.17) is 18.9 Å². The largest absolute Gasteiger partial charge is 0.459 e. The van der Waals surface area contributed by atoms with E-state index in [9.17, 15) is 24.0 Å². The zero-order valence-electron chi connectivity index (χ0n) is 22.4. The van der Waals surface area contributed by atoms with Crippen molar-refractivity contribution in [2.45, 2.75) is 31.0 Å². The molecule has 1 aliphatic rings. The molecule has 1 saturated heterocycles. The summed E-state index contributed by atoms with van der Waals surface area (Å²) < 4.78 is 24.6. The molecule has 0 saturated carbocycles. The standard InChI is InChI=1S/C31H26N2O9/c1-31(42-28(37)22-15-9-4-10-16-22)25(41-27(36)21-13-7-3-8-14-21)23(19-39-26(35)20-11-5-2-6-12-20)40-29(31)33-18-17-24(34)32-30(33)38/h2-18,23,25,29H,19H2,1H3,(H,32,34,38)/t23-,25-,29-,31-/m1/s1. The number of ether oxygens (including phenoxy) is 4. The number of aromatic nitrogens is 2. The summed E-state index contributed by atoms with van der Waals surface area (Å²) in [6.07, 6.45) is -2.79. The number of esters is 3. The second kappa shape index (κ2) is 12.1. The van der Waals surface area contributed by atoms with Crippen molar-refractivity contribution in [1.29, 1.82) is 0 Å². The molecule has 5 rings (SSSR count). The van der Waals surface area contributed by atoms with Gasteiger partial charge in [-0.05, 0) is 43.3 Å². The van der Waals surface area contributed by atoms with E-state index in [1.165, 1.54) is 25.3 Å². The van der Waals surface area contributed by atoms with E-state index in [2.05, 4.69) is 4.98 Å². The maximum atomic E-state index is 13.3. The van der Waals surface area contributed by atoms with E-state index in [1.54, 1.807) is 78.9 Å². The van der Waals surface area contributed by atoms with Crippen LogP contribution in [-0.2, 0) is 18.9 Å². The Morgan fingerprint density at radius 3 is 1.86 bits per heavy atom. The van der Waals surface area contributed by atoms with Crippen LogP contribution in [0.3, 0.4) is 0 Å². The highest BCUT2D eigenvalue weighted by molar-refractivity contribution is 5.91. The summed E-state index contributed by atoms with van der Waals surface area (Å²) in [6, 6.07) is 25.5. The van der Waals surface area contributed by atoms with Gasteiger partial charge in [0.25, 0.3) is 5.56 Å². The second-order valence-corrected chi connectivity index (χ2v) is 9.64. The summed E-state index contributed by atoms with van der Waals surface area (Å²) in [7, 11) is 0. The fraction of sp³-hybridized carbons (Fsp3) is 0.194. The summed E-state index contributed by atoms with van der Waals surface area (Å²) >= 11 is 0. The van der Waals surface area contributed by atoms with Crippen LogP contribution in [0.5, 0.6) is 0 Å². The zero-order valence-corrected chi connectivity index (χ0v) is 22.4. The summed E-state index contributed by atoms with van der Waals surface area (Å²) in [5.74, 6) is -2.22. The lowest BCUT2D eigenvalue weighted by Crippen LogP contribution is -2.52. The first-order valence-electron chi connectivity index (χ1n) is 13.0. The Bertz CT molecular complexity index is 1690. The third kappa shape index (κ3) is 5.91. The zero-order chi connectivity index (χ0) is 29.7. The number of H-pyrrole nitrogens is 1. The Kier molecular flexibility index (Phi) is 8.12. The van der Waals surface area contributed by atoms with Crippen molar-refractivity contribution >= 4 is 17.9 Å². The number of carbonyl (C=O) groups excluding carboxylic acids is 3. The maximum absolute atomic E-state index is 13.3. The van der Waals surface area contributed by atoms with Gasteiger partial charge in [-0.15, -0.1) is 0 Å². The highest BCUT2D eigenvalue weighted by atomic mass is 16.7. The Morgan fingerprint density at radius 2 is 1.31 bits per heavy atom. The molecule has 11 nitrogen and oxygen atoms in total. The minimum Gasteiger partial charge on any atom is -0.459 e. The van der Waals surface area contributed by atoms with Gasteiger partial charge in [0.1, 0.15) is 12.7 Å². The summed E-state index contributed by atoms with van der Waals surface area (Å²) in [5.41, 5.74) is -2.68. The van der Waals surface area contributed by atoms with E-state index in [-0.39, 0.29) is 16.7 Å². The van der Waals surface area contributed by atoms with Gasteiger partial charge < -0.3 is 18.9 Å². The first-order chi connectivity index (χ1) is 20.3. The molecule has 0 amide bonds. The summed E-state index contributed by atoms with van der Waals surface area (Å²) in [6.45, 7) is 1.02. The number of nitrogens with zero attached hydrogens (tertiary/aromatic N) is 1. The van der Waals surface area contributed by atoms with E-state index in [0.717, 1.165) is 10.6 Å².